The van der Waals surface area contributed by atoms with Crippen LogP contribution in [0.2, 0.25) is 0 Å². The van der Waals surface area contributed by atoms with Crippen LogP contribution in [-0.4, -0.2) is 59.3 Å². The molecule has 2 heterocycles. The predicted molar refractivity (Wildman–Crippen MR) is 68.4 cm³/mol. The Kier molecular flexibility index (Phi) is 3.81. The molecule has 0 aromatic carbocycles. The van der Waals surface area contributed by atoms with Crippen LogP contribution in [0.4, 0.5) is 0 Å². The number of ketones is 1. The number of nitrogens with zero attached hydrogens (tertiary/aromatic N) is 3. The van der Waals surface area contributed by atoms with Crippen molar-refractivity contribution in [2.24, 2.45) is 7.05 Å². The third-order valence-electron chi connectivity index (χ3n) is 3.35. The van der Waals surface area contributed by atoms with Crippen LogP contribution >= 0.6 is 0 Å². The molecule has 0 radical (unpaired) electrons. The van der Waals surface area contributed by atoms with Gasteiger partial charge in [-0.1, -0.05) is 0 Å². The number of hydrogen-bond donors (Lipinski definition) is 0. The molecular formula is C13H19N3O2. The summed E-state index contributed by atoms with van der Waals surface area (Å²) in [6.07, 6.45) is 2.78. The van der Waals surface area contributed by atoms with Gasteiger partial charge in [0.25, 0.3) is 0 Å². The van der Waals surface area contributed by atoms with Gasteiger partial charge in [-0.2, -0.15) is 0 Å². The number of Topliss-reactive ketones (excluding diaryl/α,β-unsaturated/α-hetero) is 1. The maximum atomic E-state index is 12.1. The summed E-state index contributed by atoms with van der Waals surface area (Å²) in [5.74, 6) is 0.159. The fourth-order valence-corrected chi connectivity index (χ4v) is 2.22. The maximum Gasteiger partial charge on any atom is 0.236 e. The van der Waals surface area contributed by atoms with Gasteiger partial charge in [-0.25, -0.2) is 0 Å². The third-order valence-corrected chi connectivity index (χ3v) is 3.35. The molecular weight excluding hydrogens is 230 g/mol. The minimum Gasteiger partial charge on any atom is -0.348 e. The normalized spacial score (nSPS) is 17.9. The lowest BCUT2D eigenvalue weighted by atomic mass is 10.2. The number of amides is 1. The Morgan fingerprint density at radius 2 is 2.11 bits per heavy atom. The number of hydrogen-bond acceptors (Lipinski definition) is 3. The van der Waals surface area contributed by atoms with Crippen molar-refractivity contribution >= 4 is 11.7 Å². The van der Waals surface area contributed by atoms with Gasteiger partial charge in [0.1, 0.15) is 0 Å². The Morgan fingerprint density at radius 1 is 1.33 bits per heavy atom. The summed E-state index contributed by atoms with van der Waals surface area (Å²) >= 11 is 0. The van der Waals surface area contributed by atoms with E-state index in [1.54, 1.807) is 4.90 Å². The Morgan fingerprint density at radius 3 is 2.78 bits per heavy atom. The van der Waals surface area contributed by atoms with Crippen LogP contribution in [0.15, 0.2) is 18.3 Å². The molecule has 0 spiro atoms. The third kappa shape index (κ3) is 2.79. The standard InChI is InChI=1S/C13H19N3O2/c1-14-6-3-5-11(14)12(17)9-16-8-4-7-15(2)13(18)10-16/h3,5-6H,4,7-10H2,1-2H3. The fraction of sp³-hybridized carbons (Fsp3) is 0.538. The molecule has 1 aliphatic rings. The number of aryl methyl sites for hydroxylation is 1. The molecule has 1 fully saturated rings. The van der Waals surface area contributed by atoms with Gasteiger partial charge in [-0.05, 0) is 18.6 Å². The van der Waals surface area contributed by atoms with Crippen molar-refractivity contribution in [3.8, 4) is 0 Å². The molecule has 18 heavy (non-hydrogen) atoms. The zero-order valence-corrected chi connectivity index (χ0v) is 10.9. The first-order chi connectivity index (χ1) is 8.58. The second kappa shape index (κ2) is 5.35. The average molecular weight is 249 g/mol. The second-order valence-electron chi connectivity index (χ2n) is 4.81. The molecule has 0 bridgehead atoms. The van der Waals surface area contributed by atoms with Gasteiger partial charge in [0, 0.05) is 33.4 Å². The lowest BCUT2D eigenvalue weighted by molar-refractivity contribution is -0.129. The van der Waals surface area contributed by atoms with E-state index in [0.29, 0.717) is 18.8 Å². The molecule has 1 aliphatic heterocycles. The molecule has 5 nitrogen and oxygen atoms in total. The number of carbonyl (C=O) groups is 2. The van der Waals surface area contributed by atoms with E-state index in [-0.39, 0.29) is 11.7 Å². The molecule has 98 valence electrons. The number of rotatable bonds is 3. The van der Waals surface area contributed by atoms with Crippen LogP contribution in [0.1, 0.15) is 16.9 Å². The molecule has 0 unspecified atom stereocenters. The maximum absolute atomic E-state index is 12.1. The van der Waals surface area contributed by atoms with Gasteiger partial charge in [-0.15, -0.1) is 0 Å². The van der Waals surface area contributed by atoms with Crippen molar-refractivity contribution < 1.29 is 9.59 Å². The van der Waals surface area contributed by atoms with Crippen LogP contribution in [0.25, 0.3) is 0 Å². The van der Waals surface area contributed by atoms with E-state index in [1.165, 1.54) is 0 Å². The van der Waals surface area contributed by atoms with Gasteiger partial charge in [0.05, 0.1) is 18.8 Å². The van der Waals surface area contributed by atoms with Crippen LogP contribution in [-0.2, 0) is 11.8 Å². The summed E-state index contributed by atoms with van der Waals surface area (Å²) in [6.45, 7) is 2.23. The number of carbonyl (C=O) groups excluding carboxylic acids is 2. The van der Waals surface area contributed by atoms with Gasteiger partial charge >= 0.3 is 0 Å². The summed E-state index contributed by atoms with van der Waals surface area (Å²) < 4.78 is 1.81. The quantitative estimate of drug-likeness (QED) is 0.727. The predicted octanol–water partition coefficient (Wildman–Crippen LogP) is 0.372. The van der Waals surface area contributed by atoms with Gasteiger partial charge in [0.15, 0.2) is 5.78 Å². The van der Waals surface area contributed by atoms with Gasteiger partial charge in [0.2, 0.25) is 5.91 Å². The number of likely N-dealkylation sites (N-methyl/N-ethyl adjacent to an activating group) is 1. The summed E-state index contributed by atoms with van der Waals surface area (Å²) in [5, 5.41) is 0. The van der Waals surface area contributed by atoms with E-state index in [4.69, 9.17) is 0 Å². The molecule has 0 N–H and O–H groups in total. The molecule has 1 aromatic rings. The zero-order chi connectivity index (χ0) is 13.1. The van der Waals surface area contributed by atoms with Crippen LogP contribution in [0, 0.1) is 0 Å². The van der Waals surface area contributed by atoms with Crippen molar-refractivity contribution in [3.05, 3.63) is 24.0 Å². The van der Waals surface area contributed by atoms with E-state index >= 15 is 0 Å². The van der Waals surface area contributed by atoms with Crippen LogP contribution < -0.4 is 0 Å². The van der Waals surface area contributed by atoms with Crippen molar-refractivity contribution in [3.63, 3.8) is 0 Å². The van der Waals surface area contributed by atoms with Crippen LogP contribution in [0.3, 0.4) is 0 Å². The lowest BCUT2D eigenvalue weighted by Crippen LogP contribution is -2.37. The summed E-state index contributed by atoms with van der Waals surface area (Å²) in [7, 11) is 3.67. The highest BCUT2D eigenvalue weighted by atomic mass is 16.2. The highest BCUT2D eigenvalue weighted by Crippen LogP contribution is 2.06. The molecule has 1 amide bonds. The largest absolute Gasteiger partial charge is 0.348 e. The molecule has 0 aliphatic carbocycles. The highest BCUT2D eigenvalue weighted by molar-refractivity contribution is 5.96. The topological polar surface area (TPSA) is 45.5 Å². The first kappa shape index (κ1) is 12.8. The Hall–Kier alpha value is -1.62. The van der Waals surface area contributed by atoms with E-state index in [9.17, 15) is 9.59 Å². The average Bonchev–Trinajstić information content (AvgIpc) is 2.68. The summed E-state index contributed by atoms with van der Waals surface area (Å²) in [5.41, 5.74) is 0.694. The molecule has 0 atom stereocenters. The first-order valence-corrected chi connectivity index (χ1v) is 6.19. The van der Waals surface area contributed by atoms with E-state index in [0.717, 1.165) is 19.5 Å². The summed E-state index contributed by atoms with van der Waals surface area (Å²) in [4.78, 5) is 27.5. The monoisotopic (exact) mass is 249 g/mol. The molecule has 2 rings (SSSR count). The van der Waals surface area contributed by atoms with Crippen LogP contribution in [0.5, 0.6) is 0 Å². The van der Waals surface area contributed by atoms with E-state index in [2.05, 4.69) is 0 Å². The smallest absolute Gasteiger partial charge is 0.236 e. The molecule has 1 aromatic heterocycles. The van der Waals surface area contributed by atoms with Crippen molar-refractivity contribution in [1.82, 2.24) is 14.4 Å². The van der Waals surface area contributed by atoms with Crippen molar-refractivity contribution in [1.29, 1.82) is 0 Å². The zero-order valence-electron chi connectivity index (χ0n) is 10.9. The Bertz CT molecular complexity index is 453. The number of aromatic nitrogens is 1. The second-order valence-corrected chi connectivity index (χ2v) is 4.81. The summed E-state index contributed by atoms with van der Waals surface area (Å²) in [6, 6.07) is 3.67. The Labute approximate surface area is 107 Å². The minimum atomic E-state index is 0.0693. The van der Waals surface area contributed by atoms with Crippen molar-refractivity contribution in [2.75, 3.05) is 33.2 Å². The van der Waals surface area contributed by atoms with Gasteiger partial charge in [-0.3, -0.25) is 14.5 Å². The van der Waals surface area contributed by atoms with E-state index < -0.39 is 0 Å². The highest BCUT2D eigenvalue weighted by Gasteiger charge is 2.21. The van der Waals surface area contributed by atoms with Gasteiger partial charge < -0.3 is 9.47 Å². The molecule has 5 heteroatoms. The lowest BCUT2D eigenvalue weighted by Gasteiger charge is -2.18. The first-order valence-electron chi connectivity index (χ1n) is 6.19. The van der Waals surface area contributed by atoms with E-state index in [1.807, 2.05) is 41.9 Å². The van der Waals surface area contributed by atoms with Crippen molar-refractivity contribution in [2.45, 2.75) is 6.42 Å². The SMILES string of the molecule is CN1CCCN(CC(=O)c2cccn2C)CC1=O. The molecule has 1 saturated heterocycles. The minimum absolute atomic E-state index is 0.0693. The Balaban J connectivity index is 1.99. The molecule has 0 saturated carbocycles. The fourth-order valence-electron chi connectivity index (χ4n) is 2.22.